The molecule has 0 heterocycles. The summed E-state index contributed by atoms with van der Waals surface area (Å²) in [7, 11) is 0. The first-order valence-corrected chi connectivity index (χ1v) is 11.0. The van der Waals surface area contributed by atoms with Gasteiger partial charge in [0.05, 0.1) is 5.92 Å². The number of rotatable bonds is 5. The first-order valence-electron chi connectivity index (χ1n) is 11.0. The van der Waals surface area contributed by atoms with E-state index in [1.54, 1.807) is 0 Å². The lowest BCUT2D eigenvalue weighted by Gasteiger charge is -2.30. The highest BCUT2D eigenvalue weighted by Gasteiger charge is 2.82. The molecule has 3 fully saturated rings. The minimum absolute atomic E-state index is 0.0805. The Morgan fingerprint density at radius 3 is 2.06 bits per heavy atom. The number of carbonyl (C=O) groups excluding carboxylic acids is 1. The van der Waals surface area contributed by atoms with Gasteiger partial charge < -0.3 is 20.3 Å². The van der Waals surface area contributed by atoms with Gasteiger partial charge in [-0.3, -0.25) is 4.79 Å². The van der Waals surface area contributed by atoms with Crippen LogP contribution in [-0.4, -0.2) is 40.4 Å². The number of ether oxygens (including phenoxy) is 1. The molecule has 4 aliphatic rings. The molecular formula is C25H23NO6. The largest absolute Gasteiger partial charge is 0.481 e. The fourth-order valence-corrected chi connectivity index (χ4v) is 6.67. The zero-order valence-electron chi connectivity index (χ0n) is 17.3. The van der Waals surface area contributed by atoms with Crippen molar-refractivity contribution in [2.24, 2.45) is 23.2 Å². The summed E-state index contributed by atoms with van der Waals surface area (Å²) in [5.74, 6) is -3.76. The van der Waals surface area contributed by atoms with Gasteiger partial charge >= 0.3 is 18.0 Å². The van der Waals surface area contributed by atoms with Crippen molar-refractivity contribution >= 4 is 18.0 Å². The van der Waals surface area contributed by atoms with Crippen molar-refractivity contribution in [2.45, 2.75) is 30.7 Å². The summed E-state index contributed by atoms with van der Waals surface area (Å²) in [6.45, 7) is 0.0805. The summed E-state index contributed by atoms with van der Waals surface area (Å²) < 4.78 is 5.57. The number of carboxylic acid groups (broad SMARTS) is 2. The highest BCUT2D eigenvalue weighted by atomic mass is 16.5. The van der Waals surface area contributed by atoms with E-state index in [2.05, 4.69) is 5.32 Å². The molecule has 1 amide bonds. The van der Waals surface area contributed by atoms with Crippen molar-refractivity contribution in [3.63, 3.8) is 0 Å². The van der Waals surface area contributed by atoms with Crippen LogP contribution in [0.3, 0.4) is 0 Å². The number of carboxylic acids is 2. The molecule has 2 aromatic rings. The standard InChI is InChI=1S/C25H23NO6/c27-21(28)18-19-20(18)25(22(29)30,12-24(19)9-10-24)26-23(31)32-11-17-15-7-3-1-5-13(15)14-6-2-4-8-16(14)17/h1-8,17-20H,9-12H2,(H,26,31)(H,27,28)(H,29,30)/t18-,19-,20+,25-/m0/s1. The third kappa shape index (κ3) is 2.51. The number of carbonyl (C=O) groups is 3. The molecule has 0 radical (unpaired) electrons. The van der Waals surface area contributed by atoms with Crippen LogP contribution in [0.4, 0.5) is 4.79 Å². The van der Waals surface area contributed by atoms with Crippen LogP contribution in [0, 0.1) is 23.2 Å². The normalized spacial score (nSPS) is 30.2. The predicted molar refractivity (Wildman–Crippen MR) is 113 cm³/mol. The number of aliphatic carboxylic acids is 2. The molecule has 3 saturated carbocycles. The average molecular weight is 433 g/mol. The molecule has 4 aliphatic carbocycles. The molecule has 7 heteroatoms. The second kappa shape index (κ2) is 6.34. The van der Waals surface area contributed by atoms with E-state index in [0.29, 0.717) is 0 Å². The SMILES string of the molecule is O=C(N[C@@]1(C(=O)O)CC2(CC2)[C@H]2[C@H](C(=O)O)[C@H]21)OCC1c2ccccc2-c2ccccc21. The zero-order valence-corrected chi connectivity index (χ0v) is 17.3. The van der Waals surface area contributed by atoms with Crippen molar-refractivity contribution < 1.29 is 29.3 Å². The minimum atomic E-state index is -1.58. The Bertz CT molecular complexity index is 1130. The molecule has 0 unspecified atom stereocenters. The summed E-state index contributed by atoms with van der Waals surface area (Å²) in [5.41, 5.74) is 2.52. The van der Waals surface area contributed by atoms with Crippen LogP contribution < -0.4 is 5.32 Å². The Labute approximate surface area is 184 Å². The first-order chi connectivity index (χ1) is 15.4. The number of amides is 1. The maximum Gasteiger partial charge on any atom is 0.408 e. The van der Waals surface area contributed by atoms with E-state index in [0.717, 1.165) is 35.1 Å². The molecule has 2 aromatic carbocycles. The number of alkyl carbamates (subject to hydrolysis) is 1. The fourth-order valence-electron chi connectivity index (χ4n) is 6.67. The molecule has 6 rings (SSSR count). The van der Waals surface area contributed by atoms with Gasteiger partial charge in [-0.25, -0.2) is 9.59 Å². The maximum absolute atomic E-state index is 12.8. The highest BCUT2D eigenvalue weighted by Crippen LogP contribution is 2.78. The number of fused-ring (bicyclic) bond motifs is 5. The predicted octanol–water partition coefficient (Wildman–Crippen LogP) is 3.48. The smallest absolute Gasteiger partial charge is 0.408 e. The second-order valence-corrected chi connectivity index (χ2v) is 9.68. The van der Waals surface area contributed by atoms with Crippen LogP contribution in [0.1, 0.15) is 36.3 Å². The lowest BCUT2D eigenvalue weighted by atomic mass is 9.85. The third-order valence-corrected chi connectivity index (χ3v) is 8.15. The van der Waals surface area contributed by atoms with E-state index in [1.165, 1.54) is 0 Å². The monoisotopic (exact) mass is 433 g/mol. The molecule has 4 atom stereocenters. The van der Waals surface area contributed by atoms with Gasteiger partial charge in [0.2, 0.25) is 0 Å². The molecule has 0 aliphatic heterocycles. The Morgan fingerprint density at radius 2 is 1.53 bits per heavy atom. The lowest BCUT2D eigenvalue weighted by molar-refractivity contribution is -0.147. The van der Waals surface area contributed by atoms with Gasteiger partial charge in [-0.05, 0) is 52.8 Å². The summed E-state index contributed by atoms with van der Waals surface area (Å²) >= 11 is 0. The minimum Gasteiger partial charge on any atom is -0.481 e. The summed E-state index contributed by atoms with van der Waals surface area (Å²) in [6, 6.07) is 16.0. The van der Waals surface area contributed by atoms with E-state index in [9.17, 15) is 24.6 Å². The van der Waals surface area contributed by atoms with Gasteiger partial charge in [0.1, 0.15) is 12.1 Å². The van der Waals surface area contributed by atoms with E-state index >= 15 is 0 Å². The Balaban J connectivity index is 1.22. The van der Waals surface area contributed by atoms with Crippen LogP contribution in [0.15, 0.2) is 48.5 Å². The van der Waals surface area contributed by atoms with Crippen LogP contribution >= 0.6 is 0 Å². The van der Waals surface area contributed by atoms with Crippen LogP contribution in [-0.2, 0) is 14.3 Å². The molecule has 3 N–H and O–H groups in total. The van der Waals surface area contributed by atoms with Gasteiger partial charge in [-0.1, -0.05) is 48.5 Å². The van der Waals surface area contributed by atoms with Gasteiger partial charge in [0.15, 0.2) is 0 Å². The van der Waals surface area contributed by atoms with E-state index in [-0.39, 0.29) is 30.3 Å². The van der Waals surface area contributed by atoms with Crippen LogP contribution in [0.5, 0.6) is 0 Å². The average Bonchev–Trinajstić information content (AvgIpc) is 3.65. The topological polar surface area (TPSA) is 113 Å². The molecule has 0 bridgehead atoms. The molecule has 32 heavy (non-hydrogen) atoms. The highest BCUT2D eigenvalue weighted by molar-refractivity contribution is 5.90. The number of hydrogen-bond donors (Lipinski definition) is 3. The molecule has 1 spiro atoms. The van der Waals surface area contributed by atoms with Crippen molar-refractivity contribution in [1.29, 1.82) is 0 Å². The quantitative estimate of drug-likeness (QED) is 0.665. The first kappa shape index (κ1) is 19.3. The number of benzene rings is 2. The van der Waals surface area contributed by atoms with Crippen LogP contribution in [0.2, 0.25) is 0 Å². The Kier molecular flexibility index (Phi) is 3.83. The Hall–Kier alpha value is -3.35. The molecule has 0 saturated heterocycles. The molecule has 7 nitrogen and oxygen atoms in total. The van der Waals surface area contributed by atoms with E-state index in [1.807, 2.05) is 48.5 Å². The van der Waals surface area contributed by atoms with E-state index < -0.39 is 35.4 Å². The van der Waals surface area contributed by atoms with Gasteiger partial charge in [0, 0.05) is 11.8 Å². The second-order valence-electron chi connectivity index (χ2n) is 9.68. The van der Waals surface area contributed by atoms with Crippen molar-refractivity contribution in [3.8, 4) is 11.1 Å². The summed E-state index contributed by atoms with van der Waals surface area (Å²) in [4.78, 5) is 36.8. The van der Waals surface area contributed by atoms with Gasteiger partial charge in [0.25, 0.3) is 0 Å². The van der Waals surface area contributed by atoms with Crippen LogP contribution in [0.25, 0.3) is 11.1 Å². The fraction of sp³-hybridized carbons (Fsp3) is 0.400. The van der Waals surface area contributed by atoms with E-state index in [4.69, 9.17) is 4.74 Å². The number of hydrogen-bond acceptors (Lipinski definition) is 4. The number of nitrogens with one attached hydrogen (secondary N) is 1. The summed E-state index contributed by atoms with van der Waals surface area (Å²) in [5, 5.41) is 22.2. The van der Waals surface area contributed by atoms with Gasteiger partial charge in [-0.2, -0.15) is 0 Å². The van der Waals surface area contributed by atoms with Crippen molar-refractivity contribution in [1.82, 2.24) is 5.32 Å². The zero-order chi connectivity index (χ0) is 22.3. The molecule has 0 aromatic heterocycles. The third-order valence-electron chi connectivity index (χ3n) is 8.15. The van der Waals surface area contributed by atoms with Crippen molar-refractivity contribution in [3.05, 3.63) is 59.7 Å². The summed E-state index contributed by atoms with van der Waals surface area (Å²) in [6.07, 6.45) is 1.11. The lowest BCUT2D eigenvalue weighted by Crippen LogP contribution is -2.56. The van der Waals surface area contributed by atoms with Gasteiger partial charge in [-0.15, -0.1) is 0 Å². The molecular weight excluding hydrogens is 410 g/mol. The molecule has 164 valence electrons. The van der Waals surface area contributed by atoms with Crippen molar-refractivity contribution in [2.75, 3.05) is 6.61 Å². The Morgan fingerprint density at radius 1 is 0.938 bits per heavy atom. The maximum atomic E-state index is 12.8.